The predicted octanol–water partition coefficient (Wildman–Crippen LogP) is 3.82. The molecule has 1 aromatic carbocycles. The third-order valence-electron chi connectivity index (χ3n) is 1.92. The van der Waals surface area contributed by atoms with E-state index in [4.69, 9.17) is 0 Å². The summed E-state index contributed by atoms with van der Waals surface area (Å²) in [6.07, 6.45) is 1.57. The lowest BCUT2D eigenvalue weighted by Crippen LogP contribution is -1.92. The van der Waals surface area contributed by atoms with Gasteiger partial charge in [0, 0.05) is 23.1 Å². The molecule has 0 aromatic heterocycles. The molecule has 0 saturated heterocycles. The van der Waals surface area contributed by atoms with E-state index in [0.29, 0.717) is 5.25 Å². The molecule has 0 radical (unpaired) electrons. The van der Waals surface area contributed by atoms with E-state index in [1.165, 1.54) is 11.8 Å². The maximum Gasteiger partial charge on any atom is 0.243 e. The van der Waals surface area contributed by atoms with E-state index in [2.05, 4.69) is 13.8 Å². The Bertz CT molecular complexity index is 396. The third-order valence-corrected chi connectivity index (χ3v) is 2.93. The van der Waals surface area contributed by atoms with E-state index in [1.807, 2.05) is 24.3 Å². The summed E-state index contributed by atoms with van der Waals surface area (Å²) in [7, 11) is 0. The van der Waals surface area contributed by atoms with Crippen molar-refractivity contribution >= 4 is 17.8 Å². The average Bonchev–Trinajstić information content (AvgIpc) is 2.20. The van der Waals surface area contributed by atoms with Gasteiger partial charge in [0.1, 0.15) is 0 Å². The minimum absolute atomic E-state index is 0.157. The molecule has 0 heterocycles. The van der Waals surface area contributed by atoms with Gasteiger partial charge >= 0.3 is 0 Å². The van der Waals surface area contributed by atoms with Gasteiger partial charge in [-0.05, 0) is 17.7 Å². The quantitative estimate of drug-likeness (QED) is 0.454. The maximum atomic E-state index is 10.4. The van der Waals surface area contributed by atoms with Gasteiger partial charge in [-0.25, -0.2) is 0 Å². The maximum absolute atomic E-state index is 10.4. The Labute approximate surface area is 99.7 Å². The Balaban J connectivity index is 2.79. The van der Waals surface area contributed by atoms with Crippen LogP contribution in [0.5, 0.6) is 0 Å². The van der Waals surface area contributed by atoms with E-state index in [9.17, 15) is 10.1 Å². The molecule has 0 saturated carbocycles. The Kier molecular flexibility index (Phi) is 4.55. The van der Waals surface area contributed by atoms with Gasteiger partial charge in [-0.15, -0.1) is 11.8 Å². The van der Waals surface area contributed by atoms with Crippen LogP contribution in [-0.2, 0) is 0 Å². The molecular formula is C12H15NO2S. The average molecular weight is 237 g/mol. The van der Waals surface area contributed by atoms with Crippen molar-refractivity contribution in [2.75, 3.05) is 0 Å². The molecule has 0 fully saturated rings. The highest BCUT2D eigenvalue weighted by molar-refractivity contribution is 7.99. The Morgan fingerprint density at radius 3 is 2.38 bits per heavy atom. The summed E-state index contributed by atoms with van der Waals surface area (Å²) in [5, 5.41) is 11.0. The van der Waals surface area contributed by atoms with Crippen LogP contribution in [0.3, 0.4) is 0 Å². The van der Waals surface area contributed by atoms with Gasteiger partial charge < -0.3 is 0 Å². The molecule has 0 aliphatic carbocycles. The lowest BCUT2D eigenvalue weighted by Gasteiger charge is -2.04. The van der Waals surface area contributed by atoms with Crippen LogP contribution in [-0.4, -0.2) is 10.2 Å². The van der Waals surface area contributed by atoms with E-state index < -0.39 is 0 Å². The minimum Gasteiger partial charge on any atom is -0.259 e. The van der Waals surface area contributed by atoms with Gasteiger partial charge in [0.25, 0.3) is 0 Å². The highest BCUT2D eigenvalue weighted by Crippen LogP contribution is 2.23. The number of rotatable bonds is 4. The van der Waals surface area contributed by atoms with Crippen molar-refractivity contribution in [1.82, 2.24) is 0 Å². The smallest absolute Gasteiger partial charge is 0.243 e. The van der Waals surface area contributed by atoms with Crippen molar-refractivity contribution < 1.29 is 4.92 Å². The van der Waals surface area contributed by atoms with Crippen molar-refractivity contribution in [1.29, 1.82) is 0 Å². The molecular weight excluding hydrogens is 222 g/mol. The number of benzene rings is 1. The molecule has 0 N–H and O–H groups in total. The zero-order valence-electron chi connectivity index (χ0n) is 9.64. The van der Waals surface area contributed by atoms with E-state index >= 15 is 0 Å². The molecule has 0 unspecified atom stereocenters. The van der Waals surface area contributed by atoms with Gasteiger partial charge in [0.05, 0.1) is 4.92 Å². The van der Waals surface area contributed by atoms with Crippen molar-refractivity contribution in [2.45, 2.75) is 30.9 Å². The summed E-state index contributed by atoms with van der Waals surface area (Å²) in [5.41, 5.74) is 1.02. The summed E-state index contributed by atoms with van der Waals surface area (Å²) in [4.78, 5) is 11.3. The Morgan fingerprint density at radius 1 is 1.38 bits per heavy atom. The SMILES string of the molecule is C/C(=C\c1ccc(SC(C)C)cc1)[N+](=O)[O-]. The fourth-order valence-electron chi connectivity index (χ4n) is 1.21. The fourth-order valence-corrected chi connectivity index (χ4v) is 2.05. The molecule has 4 heteroatoms. The van der Waals surface area contributed by atoms with Gasteiger partial charge in [0.2, 0.25) is 5.70 Å². The Hall–Kier alpha value is -1.29. The van der Waals surface area contributed by atoms with Crippen molar-refractivity contribution in [3.63, 3.8) is 0 Å². The van der Waals surface area contributed by atoms with Crippen LogP contribution in [0.25, 0.3) is 6.08 Å². The van der Waals surface area contributed by atoms with Crippen LogP contribution in [0.2, 0.25) is 0 Å². The first kappa shape index (κ1) is 12.8. The van der Waals surface area contributed by atoms with Crippen molar-refractivity contribution in [3.8, 4) is 0 Å². The number of hydrogen-bond acceptors (Lipinski definition) is 3. The number of thioether (sulfide) groups is 1. The monoisotopic (exact) mass is 237 g/mol. The fraction of sp³-hybridized carbons (Fsp3) is 0.333. The number of hydrogen-bond donors (Lipinski definition) is 0. The second-order valence-corrected chi connectivity index (χ2v) is 5.43. The first-order chi connectivity index (χ1) is 7.49. The molecule has 3 nitrogen and oxygen atoms in total. The summed E-state index contributed by atoms with van der Waals surface area (Å²) < 4.78 is 0. The Morgan fingerprint density at radius 2 is 1.94 bits per heavy atom. The van der Waals surface area contributed by atoms with Gasteiger partial charge in [-0.2, -0.15) is 0 Å². The summed E-state index contributed by atoms with van der Waals surface area (Å²) >= 11 is 1.78. The minimum atomic E-state index is -0.378. The largest absolute Gasteiger partial charge is 0.259 e. The zero-order valence-corrected chi connectivity index (χ0v) is 10.5. The van der Waals surface area contributed by atoms with Crippen LogP contribution in [0.15, 0.2) is 34.9 Å². The second kappa shape index (κ2) is 5.70. The normalized spacial score (nSPS) is 11.9. The molecule has 86 valence electrons. The van der Waals surface area contributed by atoms with Gasteiger partial charge in [-0.1, -0.05) is 26.0 Å². The molecule has 0 spiro atoms. The molecule has 0 aliphatic rings. The molecule has 0 atom stereocenters. The molecule has 0 aliphatic heterocycles. The summed E-state index contributed by atoms with van der Waals surface area (Å²) in [6, 6.07) is 7.78. The van der Waals surface area contributed by atoms with Crippen LogP contribution in [0, 0.1) is 10.1 Å². The van der Waals surface area contributed by atoms with Gasteiger partial charge in [-0.3, -0.25) is 10.1 Å². The van der Waals surface area contributed by atoms with E-state index in [0.717, 1.165) is 5.56 Å². The highest BCUT2D eigenvalue weighted by Gasteiger charge is 2.02. The molecule has 1 aromatic rings. The molecule has 1 rings (SSSR count). The highest BCUT2D eigenvalue weighted by atomic mass is 32.2. The summed E-state index contributed by atoms with van der Waals surface area (Å²) in [5.74, 6) is 0. The standard InChI is InChI=1S/C12H15NO2S/c1-9(2)16-12-6-4-11(5-7-12)8-10(3)13(14)15/h4-9H,1-3H3/b10-8+. The second-order valence-electron chi connectivity index (χ2n) is 3.78. The first-order valence-electron chi connectivity index (χ1n) is 5.08. The first-order valence-corrected chi connectivity index (χ1v) is 5.96. The molecule has 16 heavy (non-hydrogen) atoms. The summed E-state index contributed by atoms with van der Waals surface area (Å²) in [6.45, 7) is 5.77. The van der Waals surface area contributed by atoms with Crippen LogP contribution in [0.1, 0.15) is 26.3 Å². The van der Waals surface area contributed by atoms with E-state index in [-0.39, 0.29) is 10.6 Å². The molecule has 0 bridgehead atoms. The van der Waals surface area contributed by atoms with Crippen LogP contribution in [0.4, 0.5) is 0 Å². The number of nitro groups is 1. The molecule has 0 amide bonds. The third kappa shape index (κ3) is 4.06. The van der Waals surface area contributed by atoms with E-state index in [1.54, 1.807) is 17.8 Å². The van der Waals surface area contributed by atoms with Crippen LogP contribution >= 0.6 is 11.8 Å². The lowest BCUT2D eigenvalue weighted by molar-refractivity contribution is -0.422. The topological polar surface area (TPSA) is 43.1 Å². The zero-order chi connectivity index (χ0) is 12.1. The number of allylic oxidation sites excluding steroid dienone is 1. The van der Waals surface area contributed by atoms with Crippen LogP contribution < -0.4 is 0 Å². The van der Waals surface area contributed by atoms with Crippen molar-refractivity contribution in [2.24, 2.45) is 0 Å². The van der Waals surface area contributed by atoms with Gasteiger partial charge in [0.15, 0.2) is 0 Å². The van der Waals surface area contributed by atoms with Crippen molar-refractivity contribution in [3.05, 3.63) is 45.6 Å². The predicted molar refractivity (Wildman–Crippen MR) is 68.1 cm³/mol. The lowest BCUT2D eigenvalue weighted by atomic mass is 10.2. The number of nitrogens with zero attached hydrogens (tertiary/aromatic N) is 1.